The third kappa shape index (κ3) is 8.36. The van der Waals surface area contributed by atoms with Gasteiger partial charge in [0.05, 0.1) is 10.6 Å². The summed E-state index contributed by atoms with van der Waals surface area (Å²) in [6.07, 6.45) is 0.819. The number of benzene rings is 4. The summed E-state index contributed by atoms with van der Waals surface area (Å²) in [4.78, 5) is 29.7. The normalized spacial score (nSPS) is 12.6. The van der Waals surface area contributed by atoms with Crippen molar-refractivity contribution in [3.05, 3.63) is 131 Å². The fraction of sp³-hybridized carbons (Fsp3) is 0.278. The highest BCUT2D eigenvalue weighted by Gasteiger charge is 2.35. The van der Waals surface area contributed by atoms with Gasteiger partial charge in [0.25, 0.3) is 10.0 Å². The number of rotatable bonds is 13. The molecule has 0 spiro atoms. The summed E-state index contributed by atoms with van der Waals surface area (Å²) in [5.74, 6) is -1.57. The Balaban J connectivity index is 1.83. The number of anilines is 1. The van der Waals surface area contributed by atoms with Crippen molar-refractivity contribution in [1.29, 1.82) is 0 Å². The summed E-state index contributed by atoms with van der Waals surface area (Å²) in [6.45, 7) is 6.61. The average Bonchev–Trinajstić information content (AvgIpc) is 3.03. The van der Waals surface area contributed by atoms with Crippen LogP contribution in [0.15, 0.2) is 108 Å². The Morgan fingerprint density at radius 2 is 1.47 bits per heavy atom. The molecule has 0 aliphatic carbocycles. The Bertz CT molecular complexity index is 1710. The molecule has 0 saturated heterocycles. The molecule has 0 fully saturated rings. The number of amides is 2. The maximum absolute atomic E-state index is 15.0. The third-order valence-electron chi connectivity index (χ3n) is 7.84. The van der Waals surface area contributed by atoms with Crippen molar-refractivity contribution in [3.8, 4) is 0 Å². The standard InChI is InChI=1S/C36H40FN3O4S/c1-5-28(4)38-36(42)34(23-29-14-7-6-8-15-29)39(24-30-16-10-11-17-32(30)37)35(41)25-40(33-18-12-9-13-27(33)3)45(43,44)31-21-19-26(2)20-22-31/h6-22,28,34H,5,23-25H2,1-4H3,(H,38,42)/t28-,34-/m0/s1. The zero-order chi connectivity index (χ0) is 32.6. The molecule has 0 heterocycles. The van der Waals surface area contributed by atoms with Crippen LogP contribution in [0, 0.1) is 19.7 Å². The van der Waals surface area contributed by atoms with Gasteiger partial charge in [0.2, 0.25) is 11.8 Å². The van der Waals surface area contributed by atoms with Crippen LogP contribution in [0.2, 0.25) is 0 Å². The molecule has 4 aromatic rings. The molecule has 4 rings (SSSR count). The van der Waals surface area contributed by atoms with E-state index in [1.165, 1.54) is 23.1 Å². The average molecular weight is 630 g/mol. The molecule has 2 atom stereocenters. The zero-order valence-corrected chi connectivity index (χ0v) is 26.9. The smallest absolute Gasteiger partial charge is 0.264 e. The van der Waals surface area contributed by atoms with Gasteiger partial charge >= 0.3 is 0 Å². The van der Waals surface area contributed by atoms with E-state index in [9.17, 15) is 18.0 Å². The van der Waals surface area contributed by atoms with Crippen molar-refractivity contribution in [3.63, 3.8) is 0 Å². The van der Waals surface area contributed by atoms with Gasteiger partial charge in [-0.1, -0.05) is 91.3 Å². The Morgan fingerprint density at radius 1 is 0.844 bits per heavy atom. The molecule has 4 aromatic carbocycles. The number of halogens is 1. The minimum atomic E-state index is -4.22. The van der Waals surface area contributed by atoms with Crippen molar-refractivity contribution in [2.45, 2.75) is 64.1 Å². The Hall–Kier alpha value is -4.50. The first kappa shape index (κ1) is 33.4. The van der Waals surface area contributed by atoms with Crippen LogP contribution in [-0.4, -0.2) is 43.8 Å². The minimum Gasteiger partial charge on any atom is -0.352 e. The van der Waals surface area contributed by atoms with Crippen molar-refractivity contribution >= 4 is 27.5 Å². The molecule has 0 saturated carbocycles. The van der Waals surface area contributed by atoms with Crippen LogP contribution in [0.3, 0.4) is 0 Å². The van der Waals surface area contributed by atoms with E-state index in [1.807, 2.05) is 51.1 Å². The molecule has 0 aromatic heterocycles. The van der Waals surface area contributed by atoms with E-state index in [4.69, 9.17) is 0 Å². The predicted molar refractivity (Wildman–Crippen MR) is 176 cm³/mol. The number of hydrogen-bond donors (Lipinski definition) is 1. The lowest BCUT2D eigenvalue weighted by molar-refractivity contribution is -0.140. The fourth-order valence-corrected chi connectivity index (χ4v) is 6.48. The number of nitrogens with one attached hydrogen (secondary N) is 1. The second-order valence-electron chi connectivity index (χ2n) is 11.2. The van der Waals surface area contributed by atoms with Crippen molar-refractivity contribution in [2.75, 3.05) is 10.8 Å². The van der Waals surface area contributed by atoms with Gasteiger partial charge in [0.15, 0.2) is 0 Å². The quantitative estimate of drug-likeness (QED) is 0.191. The largest absolute Gasteiger partial charge is 0.352 e. The van der Waals surface area contributed by atoms with Crippen LogP contribution in [0.1, 0.15) is 42.5 Å². The number of aryl methyl sites for hydroxylation is 2. The van der Waals surface area contributed by atoms with E-state index < -0.39 is 40.2 Å². The predicted octanol–water partition coefficient (Wildman–Crippen LogP) is 6.19. The maximum atomic E-state index is 15.0. The molecule has 0 aliphatic heterocycles. The Morgan fingerprint density at radius 3 is 2.11 bits per heavy atom. The van der Waals surface area contributed by atoms with Gasteiger partial charge in [-0.3, -0.25) is 13.9 Å². The first-order valence-electron chi connectivity index (χ1n) is 15.0. The summed E-state index contributed by atoms with van der Waals surface area (Å²) < 4.78 is 44.5. The monoisotopic (exact) mass is 629 g/mol. The number of hydrogen-bond acceptors (Lipinski definition) is 4. The summed E-state index contributed by atoms with van der Waals surface area (Å²) in [5, 5.41) is 2.98. The Kier molecular flexibility index (Phi) is 11.1. The van der Waals surface area contributed by atoms with E-state index in [1.54, 1.807) is 61.5 Å². The summed E-state index contributed by atoms with van der Waals surface area (Å²) in [7, 11) is -4.22. The van der Waals surface area contributed by atoms with E-state index in [0.29, 0.717) is 17.7 Å². The van der Waals surface area contributed by atoms with Gasteiger partial charge in [0.1, 0.15) is 18.4 Å². The second kappa shape index (κ2) is 15.0. The van der Waals surface area contributed by atoms with Gasteiger partial charge in [-0.25, -0.2) is 12.8 Å². The minimum absolute atomic E-state index is 0.0279. The van der Waals surface area contributed by atoms with Gasteiger partial charge in [-0.2, -0.15) is 0 Å². The molecule has 1 N–H and O–H groups in total. The van der Waals surface area contributed by atoms with E-state index in [2.05, 4.69) is 5.32 Å². The van der Waals surface area contributed by atoms with Crippen LogP contribution in [0.25, 0.3) is 0 Å². The highest BCUT2D eigenvalue weighted by Crippen LogP contribution is 2.28. The van der Waals surface area contributed by atoms with Gasteiger partial charge in [0, 0.05) is 24.6 Å². The maximum Gasteiger partial charge on any atom is 0.264 e. The molecule has 0 unspecified atom stereocenters. The first-order valence-corrected chi connectivity index (χ1v) is 16.5. The van der Waals surface area contributed by atoms with Gasteiger partial charge < -0.3 is 10.2 Å². The molecule has 2 amide bonds. The fourth-order valence-electron chi connectivity index (χ4n) is 5.00. The van der Waals surface area contributed by atoms with Gasteiger partial charge in [-0.15, -0.1) is 0 Å². The SMILES string of the molecule is CC[C@H](C)NC(=O)[C@H](Cc1ccccc1)N(Cc1ccccc1F)C(=O)CN(c1ccccc1C)S(=O)(=O)c1ccc(C)cc1. The number of sulfonamides is 1. The number of nitrogens with zero attached hydrogens (tertiary/aromatic N) is 2. The molecule has 0 radical (unpaired) electrons. The molecule has 0 bridgehead atoms. The topological polar surface area (TPSA) is 86.8 Å². The lowest BCUT2D eigenvalue weighted by Crippen LogP contribution is -2.54. The van der Waals surface area contributed by atoms with Crippen molar-refractivity contribution < 1.29 is 22.4 Å². The third-order valence-corrected chi connectivity index (χ3v) is 9.62. The summed E-state index contributed by atoms with van der Waals surface area (Å²) in [6, 6.07) is 27.4. The molecule has 0 aliphatic rings. The van der Waals surface area contributed by atoms with Gasteiger partial charge in [-0.05, 0) is 62.6 Å². The number of para-hydroxylation sites is 1. The lowest BCUT2D eigenvalue weighted by atomic mass is 10.0. The number of carbonyl (C=O) groups excluding carboxylic acids is 2. The lowest BCUT2D eigenvalue weighted by Gasteiger charge is -2.34. The highest BCUT2D eigenvalue weighted by atomic mass is 32.2. The summed E-state index contributed by atoms with van der Waals surface area (Å²) >= 11 is 0. The summed E-state index contributed by atoms with van der Waals surface area (Å²) in [5.41, 5.74) is 2.89. The Labute approximate surface area is 265 Å². The van der Waals surface area contributed by atoms with E-state index in [0.717, 1.165) is 15.4 Å². The molecule has 9 heteroatoms. The van der Waals surface area contributed by atoms with Crippen LogP contribution in [0.4, 0.5) is 10.1 Å². The first-order chi connectivity index (χ1) is 21.5. The molecule has 7 nitrogen and oxygen atoms in total. The van der Waals surface area contributed by atoms with Crippen LogP contribution < -0.4 is 9.62 Å². The highest BCUT2D eigenvalue weighted by molar-refractivity contribution is 7.92. The zero-order valence-electron chi connectivity index (χ0n) is 26.1. The van der Waals surface area contributed by atoms with Crippen LogP contribution in [-0.2, 0) is 32.6 Å². The van der Waals surface area contributed by atoms with Crippen LogP contribution >= 0.6 is 0 Å². The van der Waals surface area contributed by atoms with Crippen molar-refractivity contribution in [2.24, 2.45) is 0 Å². The second-order valence-corrected chi connectivity index (χ2v) is 13.1. The molecule has 45 heavy (non-hydrogen) atoms. The number of carbonyl (C=O) groups is 2. The van der Waals surface area contributed by atoms with E-state index in [-0.39, 0.29) is 29.5 Å². The van der Waals surface area contributed by atoms with E-state index >= 15 is 4.39 Å². The molecular formula is C36H40FN3O4S. The molecular weight excluding hydrogens is 589 g/mol. The molecule has 236 valence electrons. The van der Waals surface area contributed by atoms with Crippen molar-refractivity contribution in [1.82, 2.24) is 10.2 Å². The van der Waals surface area contributed by atoms with Crippen LogP contribution in [0.5, 0.6) is 0 Å².